The van der Waals surface area contributed by atoms with Crippen LogP contribution in [0.2, 0.25) is 0 Å². The maximum Gasteiger partial charge on any atom is 0.178 e. The summed E-state index contributed by atoms with van der Waals surface area (Å²) in [5, 5.41) is 7.49. The molecule has 0 bridgehead atoms. The zero-order chi connectivity index (χ0) is 11.0. The highest BCUT2D eigenvalue weighted by atomic mass is 32.1. The molecule has 0 radical (unpaired) electrons. The summed E-state index contributed by atoms with van der Waals surface area (Å²) >= 11 is 1.64. The van der Waals surface area contributed by atoms with Gasteiger partial charge < -0.3 is 15.8 Å². The molecule has 3 rings (SSSR count). The van der Waals surface area contributed by atoms with Crippen molar-refractivity contribution in [2.24, 2.45) is 10.7 Å². The molecule has 1 aromatic heterocycles. The van der Waals surface area contributed by atoms with Gasteiger partial charge in [-0.15, -0.1) is 11.3 Å². The van der Waals surface area contributed by atoms with Gasteiger partial charge in [0.05, 0.1) is 24.5 Å². The number of morpholine rings is 1. The van der Waals surface area contributed by atoms with Crippen LogP contribution in [0.3, 0.4) is 0 Å². The number of nitrogens with two attached hydrogens (primary N) is 1. The molecule has 0 saturated carbocycles. The van der Waals surface area contributed by atoms with Crippen LogP contribution < -0.4 is 11.1 Å². The summed E-state index contributed by atoms with van der Waals surface area (Å²) in [6, 6.07) is 0. The lowest BCUT2D eigenvalue weighted by molar-refractivity contribution is 0.0235. The number of anilines is 1. The van der Waals surface area contributed by atoms with Crippen LogP contribution in [0.4, 0.5) is 5.69 Å². The summed E-state index contributed by atoms with van der Waals surface area (Å²) in [6.07, 6.45) is -0.0361. The van der Waals surface area contributed by atoms with Gasteiger partial charge in [0, 0.05) is 23.8 Å². The number of nitrogens with zero attached hydrogens (tertiary/aromatic N) is 2. The zero-order valence-corrected chi connectivity index (χ0v) is 9.67. The summed E-state index contributed by atoms with van der Waals surface area (Å²) < 4.78 is 5.32. The van der Waals surface area contributed by atoms with Crippen LogP contribution in [-0.2, 0) is 4.74 Å². The van der Waals surface area contributed by atoms with Crippen LogP contribution >= 0.6 is 11.3 Å². The second-order valence-corrected chi connectivity index (χ2v) is 4.62. The van der Waals surface area contributed by atoms with E-state index in [-0.39, 0.29) is 6.29 Å². The highest BCUT2D eigenvalue weighted by Crippen LogP contribution is 2.26. The fraction of sp³-hybridized carbons (Fsp3) is 0.500. The topological polar surface area (TPSA) is 62.9 Å². The molecule has 86 valence electrons. The molecule has 1 unspecified atom stereocenters. The largest absolute Gasteiger partial charge is 0.383 e. The third-order valence-corrected chi connectivity index (χ3v) is 3.62. The Kier molecular flexibility index (Phi) is 2.55. The molecule has 0 aromatic carbocycles. The van der Waals surface area contributed by atoms with E-state index in [1.807, 2.05) is 5.38 Å². The van der Waals surface area contributed by atoms with E-state index in [2.05, 4.69) is 20.6 Å². The van der Waals surface area contributed by atoms with Crippen molar-refractivity contribution in [2.75, 3.05) is 31.6 Å². The number of aliphatic imine (C=N–C) groups is 1. The average Bonchev–Trinajstić information content (AvgIpc) is 2.79. The van der Waals surface area contributed by atoms with Crippen molar-refractivity contribution in [1.82, 2.24) is 4.90 Å². The molecule has 1 saturated heterocycles. The van der Waals surface area contributed by atoms with Crippen molar-refractivity contribution in [2.45, 2.75) is 6.29 Å². The first-order chi connectivity index (χ1) is 7.84. The molecular formula is C10H14N4OS. The molecule has 6 heteroatoms. The zero-order valence-electron chi connectivity index (χ0n) is 8.85. The minimum absolute atomic E-state index is 0.0361. The number of amidine groups is 1. The van der Waals surface area contributed by atoms with Crippen molar-refractivity contribution < 1.29 is 4.74 Å². The summed E-state index contributed by atoms with van der Waals surface area (Å²) in [4.78, 5) is 6.73. The molecule has 3 heterocycles. The smallest absolute Gasteiger partial charge is 0.178 e. The molecule has 0 amide bonds. The van der Waals surface area contributed by atoms with E-state index in [1.54, 1.807) is 11.3 Å². The van der Waals surface area contributed by atoms with E-state index >= 15 is 0 Å². The average molecular weight is 238 g/mol. The monoisotopic (exact) mass is 238 g/mol. The second kappa shape index (κ2) is 4.04. The molecule has 16 heavy (non-hydrogen) atoms. The van der Waals surface area contributed by atoms with Gasteiger partial charge in [0.15, 0.2) is 6.29 Å². The van der Waals surface area contributed by atoms with Gasteiger partial charge in [-0.05, 0) is 0 Å². The van der Waals surface area contributed by atoms with Crippen molar-refractivity contribution in [3.8, 4) is 0 Å². The Balaban J connectivity index is 1.82. The van der Waals surface area contributed by atoms with Gasteiger partial charge in [0.1, 0.15) is 5.84 Å². The van der Waals surface area contributed by atoms with Crippen LogP contribution in [0.5, 0.6) is 0 Å². The standard InChI is InChI=1S/C10H14N4OS/c11-9-7-5-16-6-8(7)12-10(13-9)14-1-3-15-4-2-14/h5-6,10,12H,1-4H2,(H2,11,13). The number of ether oxygens (including phenoxy) is 1. The SMILES string of the molecule is NC1=NC(N2CCOCC2)Nc2cscc21. The molecule has 1 atom stereocenters. The Bertz CT molecular complexity index is 411. The Hall–Kier alpha value is -1.11. The van der Waals surface area contributed by atoms with E-state index in [0.29, 0.717) is 5.84 Å². The summed E-state index contributed by atoms with van der Waals surface area (Å²) in [5.41, 5.74) is 8.06. The number of rotatable bonds is 1. The molecule has 1 fully saturated rings. The van der Waals surface area contributed by atoms with Crippen LogP contribution in [0.15, 0.2) is 15.8 Å². The van der Waals surface area contributed by atoms with Crippen molar-refractivity contribution in [3.05, 3.63) is 16.3 Å². The Labute approximate surface area is 97.9 Å². The molecule has 5 nitrogen and oxygen atoms in total. The Morgan fingerprint density at radius 2 is 2.25 bits per heavy atom. The predicted molar refractivity (Wildman–Crippen MR) is 64.8 cm³/mol. The summed E-state index contributed by atoms with van der Waals surface area (Å²) in [5.74, 6) is 0.631. The minimum Gasteiger partial charge on any atom is -0.383 e. The quantitative estimate of drug-likeness (QED) is 0.747. The van der Waals surface area contributed by atoms with Gasteiger partial charge in [-0.1, -0.05) is 0 Å². The fourth-order valence-corrected chi connectivity index (χ4v) is 2.76. The maximum atomic E-state index is 5.95. The van der Waals surface area contributed by atoms with Gasteiger partial charge >= 0.3 is 0 Å². The van der Waals surface area contributed by atoms with Gasteiger partial charge in [-0.2, -0.15) is 0 Å². The van der Waals surface area contributed by atoms with Gasteiger partial charge in [0.2, 0.25) is 0 Å². The summed E-state index contributed by atoms with van der Waals surface area (Å²) in [6.45, 7) is 3.33. The number of fused-ring (bicyclic) bond motifs is 1. The normalized spacial score (nSPS) is 25.8. The van der Waals surface area contributed by atoms with Gasteiger partial charge in [-0.3, -0.25) is 4.90 Å². The molecule has 3 N–H and O–H groups in total. The minimum atomic E-state index is -0.0361. The lowest BCUT2D eigenvalue weighted by Gasteiger charge is -2.34. The first-order valence-electron chi connectivity index (χ1n) is 5.33. The molecule has 0 spiro atoms. The van der Waals surface area contributed by atoms with Crippen molar-refractivity contribution in [3.63, 3.8) is 0 Å². The van der Waals surface area contributed by atoms with Gasteiger partial charge in [-0.25, -0.2) is 4.99 Å². The highest BCUT2D eigenvalue weighted by molar-refractivity contribution is 7.08. The molecule has 0 aliphatic carbocycles. The van der Waals surface area contributed by atoms with Crippen molar-refractivity contribution in [1.29, 1.82) is 0 Å². The van der Waals surface area contributed by atoms with Crippen LogP contribution in [0.25, 0.3) is 0 Å². The fourth-order valence-electron chi connectivity index (χ4n) is 1.97. The van der Waals surface area contributed by atoms with Crippen LogP contribution in [0.1, 0.15) is 5.56 Å². The van der Waals surface area contributed by atoms with Gasteiger partial charge in [0.25, 0.3) is 0 Å². The first kappa shape index (κ1) is 10.1. The third-order valence-electron chi connectivity index (χ3n) is 2.88. The summed E-state index contributed by atoms with van der Waals surface area (Å²) in [7, 11) is 0. The predicted octanol–water partition coefficient (Wildman–Crippen LogP) is 0.495. The molecule has 2 aliphatic rings. The molecule has 1 aromatic rings. The van der Waals surface area contributed by atoms with Crippen LogP contribution in [0, 0.1) is 0 Å². The first-order valence-corrected chi connectivity index (χ1v) is 6.27. The lowest BCUT2D eigenvalue weighted by atomic mass is 10.2. The van der Waals surface area contributed by atoms with Crippen LogP contribution in [-0.4, -0.2) is 43.3 Å². The van der Waals surface area contributed by atoms with E-state index in [1.165, 1.54) is 0 Å². The van der Waals surface area contributed by atoms with E-state index < -0.39 is 0 Å². The van der Waals surface area contributed by atoms with E-state index in [9.17, 15) is 0 Å². The maximum absolute atomic E-state index is 5.95. The lowest BCUT2D eigenvalue weighted by Crippen LogP contribution is -2.48. The highest BCUT2D eigenvalue weighted by Gasteiger charge is 2.25. The Morgan fingerprint density at radius 1 is 1.44 bits per heavy atom. The number of hydrogen-bond acceptors (Lipinski definition) is 6. The number of hydrogen-bond donors (Lipinski definition) is 2. The second-order valence-electron chi connectivity index (χ2n) is 3.88. The number of nitrogens with one attached hydrogen (secondary N) is 1. The van der Waals surface area contributed by atoms with E-state index in [0.717, 1.165) is 37.6 Å². The molecule has 2 aliphatic heterocycles. The number of thiophene rings is 1. The van der Waals surface area contributed by atoms with Crippen molar-refractivity contribution >= 4 is 22.9 Å². The van der Waals surface area contributed by atoms with E-state index in [4.69, 9.17) is 10.5 Å². The third kappa shape index (κ3) is 1.68. The molecular weight excluding hydrogens is 224 g/mol. The Morgan fingerprint density at radius 3 is 3.06 bits per heavy atom.